The van der Waals surface area contributed by atoms with Gasteiger partial charge in [-0.3, -0.25) is 4.79 Å². The van der Waals surface area contributed by atoms with Crippen LogP contribution in [0.1, 0.15) is 37.2 Å². The van der Waals surface area contributed by atoms with Gasteiger partial charge in [-0.05, 0) is 19.4 Å². The van der Waals surface area contributed by atoms with Crippen molar-refractivity contribution >= 4 is 5.97 Å². The zero-order valence-corrected chi connectivity index (χ0v) is 9.27. The standard InChI is InChI=1S/C11H12F2N2O2/c1-2-17-11(16)7-5-6(7)10-14-4-3-8(15-10)9(12)13/h3-4,6-7,9H,2,5H2,1H3/t6-,7-/m0/s1. The number of hydrogen-bond donors (Lipinski definition) is 0. The average Bonchev–Trinajstić information content (AvgIpc) is 3.09. The Morgan fingerprint density at radius 3 is 3.06 bits per heavy atom. The maximum Gasteiger partial charge on any atom is 0.309 e. The summed E-state index contributed by atoms with van der Waals surface area (Å²) in [6, 6.07) is 1.18. The van der Waals surface area contributed by atoms with E-state index in [1.807, 2.05) is 0 Å². The topological polar surface area (TPSA) is 52.1 Å². The second kappa shape index (κ2) is 4.73. The Kier molecular flexibility index (Phi) is 3.31. The number of aromatic nitrogens is 2. The van der Waals surface area contributed by atoms with Crippen LogP contribution >= 0.6 is 0 Å². The molecule has 1 aliphatic rings. The Labute approximate surface area is 97.0 Å². The van der Waals surface area contributed by atoms with Crippen molar-refractivity contribution in [1.29, 1.82) is 0 Å². The van der Waals surface area contributed by atoms with Gasteiger partial charge in [0.25, 0.3) is 6.43 Å². The normalized spacial score (nSPS) is 22.6. The van der Waals surface area contributed by atoms with Crippen LogP contribution in [0.5, 0.6) is 0 Å². The van der Waals surface area contributed by atoms with Crippen LogP contribution in [0.4, 0.5) is 8.78 Å². The van der Waals surface area contributed by atoms with Gasteiger partial charge in [-0.15, -0.1) is 0 Å². The van der Waals surface area contributed by atoms with Crippen molar-refractivity contribution in [2.24, 2.45) is 5.92 Å². The fraction of sp³-hybridized carbons (Fsp3) is 0.545. The summed E-state index contributed by atoms with van der Waals surface area (Å²) in [5.41, 5.74) is -0.301. The van der Waals surface area contributed by atoms with E-state index < -0.39 is 6.43 Å². The van der Waals surface area contributed by atoms with Crippen LogP contribution < -0.4 is 0 Å². The largest absolute Gasteiger partial charge is 0.466 e. The van der Waals surface area contributed by atoms with Crippen molar-refractivity contribution in [3.05, 3.63) is 23.8 Å². The van der Waals surface area contributed by atoms with Crippen molar-refractivity contribution in [3.63, 3.8) is 0 Å². The smallest absolute Gasteiger partial charge is 0.309 e. The van der Waals surface area contributed by atoms with E-state index in [0.29, 0.717) is 18.9 Å². The van der Waals surface area contributed by atoms with Gasteiger partial charge in [0.15, 0.2) is 0 Å². The monoisotopic (exact) mass is 242 g/mol. The van der Waals surface area contributed by atoms with Crippen LogP contribution in [0.25, 0.3) is 0 Å². The summed E-state index contributed by atoms with van der Waals surface area (Å²) < 4.78 is 29.7. The van der Waals surface area contributed by atoms with E-state index in [2.05, 4.69) is 9.97 Å². The predicted octanol–water partition coefficient (Wildman–Crippen LogP) is 2.08. The van der Waals surface area contributed by atoms with Crippen molar-refractivity contribution in [3.8, 4) is 0 Å². The second-order valence-corrected chi connectivity index (χ2v) is 3.84. The van der Waals surface area contributed by atoms with Crippen LogP contribution in [-0.2, 0) is 9.53 Å². The molecule has 1 heterocycles. The van der Waals surface area contributed by atoms with E-state index in [9.17, 15) is 13.6 Å². The molecule has 0 unspecified atom stereocenters. The molecule has 2 atom stereocenters. The highest BCUT2D eigenvalue weighted by Gasteiger charge is 2.47. The van der Waals surface area contributed by atoms with Gasteiger partial charge in [-0.2, -0.15) is 0 Å². The lowest BCUT2D eigenvalue weighted by Crippen LogP contribution is -2.08. The fourth-order valence-corrected chi connectivity index (χ4v) is 1.68. The molecule has 6 heteroatoms. The summed E-state index contributed by atoms with van der Waals surface area (Å²) in [7, 11) is 0. The molecule has 0 saturated heterocycles. The molecule has 17 heavy (non-hydrogen) atoms. The number of hydrogen-bond acceptors (Lipinski definition) is 4. The molecular formula is C11H12F2N2O2. The van der Waals surface area contributed by atoms with E-state index in [1.54, 1.807) is 6.92 Å². The molecule has 0 aromatic carbocycles. The van der Waals surface area contributed by atoms with Crippen molar-refractivity contribution in [2.45, 2.75) is 25.7 Å². The Morgan fingerprint density at radius 1 is 1.65 bits per heavy atom. The zero-order chi connectivity index (χ0) is 12.4. The van der Waals surface area contributed by atoms with Crippen LogP contribution in [-0.4, -0.2) is 22.5 Å². The summed E-state index contributed by atoms with van der Waals surface area (Å²) in [6.07, 6.45) is -0.743. The molecule has 1 fully saturated rings. The second-order valence-electron chi connectivity index (χ2n) is 3.84. The number of nitrogens with zero attached hydrogens (tertiary/aromatic N) is 2. The van der Waals surface area contributed by atoms with Gasteiger partial charge in [-0.25, -0.2) is 18.7 Å². The highest BCUT2D eigenvalue weighted by Crippen LogP contribution is 2.46. The first-order valence-electron chi connectivity index (χ1n) is 5.41. The summed E-state index contributed by atoms with van der Waals surface area (Å²) in [6.45, 7) is 2.04. The molecule has 1 aliphatic carbocycles. The minimum absolute atomic E-state index is 0.173. The zero-order valence-electron chi connectivity index (χ0n) is 9.27. The van der Waals surface area contributed by atoms with Gasteiger partial charge >= 0.3 is 5.97 Å². The lowest BCUT2D eigenvalue weighted by molar-refractivity contribution is -0.144. The Morgan fingerprint density at radius 2 is 2.41 bits per heavy atom. The predicted molar refractivity (Wildman–Crippen MR) is 54.5 cm³/mol. The van der Waals surface area contributed by atoms with Gasteiger partial charge in [0.1, 0.15) is 11.5 Å². The molecular weight excluding hydrogens is 230 g/mol. The minimum Gasteiger partial charge on any atom is -0.466 e. The third kappa shape index (κ3) is 2.57. The molecule has 1 aromatic rings. The number of rotatable bonds is 4. The first kappa shape index (κ1) is 11.9. The molecule has 0 aliphatic heterocycles. The number of halogens is 2. The molecule has 92 valence electrons. The summed E-state index contributed by atoms with van der Waals surface area (Å²) in [5.74, 6) is -0.444. The number of carbonyl (C=O) groups excluding carboxylic acids is 1. The first-order chi connectivity index (χ1) is 8.13. The van der Waals surface area contributed by atoms with Gasteiger partial charge in [0.2, 0.25) is 0 Å². The minimum atomic E-state index is -2.61. The maximum absolute atomic E-state index is 12.4. The van der Waals surface area contributed by atoms with Crippen LogP contribution in [0.3, 0.4) is 0 Å². The molecule has 1 aromatic heterocycles. The lowest BCUT2D eigenvalue weighted by atomic mass is 10.3. The summed E-state index contributed by atoms with van der Waals surface area (Å²) in [4.78, 5) is 19.1. The van der Waals surface area contributed by atoms with Crippen molar-refractivity contribution < 1.29 is 18.3 Å². The average molecular weight is 242 g/mol. The number of carbonyl (C=O) groups is 1. The van der Waals surface area contributed by atoms with Gasteiger partial charge in [-0.1, -0.05) is 0 Å². The Balaban J connectivity index is 2.05. The molecule has 4 nitrogen and oxygen atoms in total. The first-order valence-corrected chi connectivity index (χ1v) is 5.41. The molecule has 1 saturated carbocycles. The SMILES string of the molecule is CCOC(=O)[C@H]1C[C@@H]1c1nccc(C(F)F)n1. The highest BCUT2D eigenvalue weighted by atomic mass is 19.3. The number of ether oxygens (including phenoxy) is 1. The fourth-order valence-electron chi connectivity index (χ4n) is 1.68. The number of esters is 1. The molecule has 0 radical (unpaired) electrons. The molecule has 0 spiro atoms. The molecule has 0 bridgehead atoms. The van der Waals surface area contributed by atoms with Gasteiger partial charge < -0.3 is 4.74 Å². The number of alkyl halides is 2. The van der Waals surface area contributed by atoms with Crippen molar-refractivity contribution in [2.75, 3.05) is 6.61 Å². The lowest BCUT2D eigenvalue weighted by Gasteiger charge is -2.02. The van der Waals surface area contributed by atoms with E-state index >= 15 is 0 Å². The van der Waals surface area contributed by atoms with E-state index in [-0.39, 0.29) is 23.5 Å². The third-order valence-electron chi connectivity index (χ3n) is 2.63. The van der Waals surface area contributed by atoms with Crippen LogP contribution in [0.15, 0.2) is 12.3 Å². The van der Waals surface area contributed by atoms with Gasteiger partial charge in [0.05, 0.1) is 12.5 Å². The Bertz CT molecular complexity index is 426. The van der Waals surface area contributed by atoms with Crippen molar-refractivity contribution in [1.82, 2.24) is 9.97 Å². The maximum atomic E-state index is 12.4. The molecule has 2 rings (SSSR count). The molecule has 0 amide bonds. The highest BCUT2D eigenvalue weighted by molar-refractivity contribution is 5.77. The van der Waals surface area contributed by atoms with E-state index in [0.717, 1.165) is 0 Å². The van der Waals surface area contributed by atoms with Crippen LogP contribution in [0, 0.1) is 5.92 Å². The van der Waals surface area contributed by atoms with Gasteiger partial charge in [0, 0.05) is 12.1 Å². The summed E-state index contributed by atoms with van der Waals surface area (Å²) >= 11 is 0. The third-order valence-corrected chi connectivity index (χ3v) is 2.63. The van der Waals surface area contributed by atoms with Crippen LogP contribution in [0.2, 0.25) is 0 Å². The molecule has 0 N–H and O–H groups in total. The van der Waals surface area contributed by atoms with E-state index in [4.69, 9.17) is 4.74 Å². The Hall–Kier alpha value is -1.59. The van der Waals surface area contributed by atoms with E-state index in [1.165, 1.54) is 12.3 Å². The quantitative estimate of drug-likeness (QED) is 0.758. The summed E-state index contributed by atoms with van der Waals surface area (Å²) in [5, 5.41) is 0.